The van der Waals surface area contributed by atoms with Gasteiger partial charge in [0.15, 0.2) is 0 Å². The Balaban J connectivity index is 2.07. The highest BCUT2D eigenvalue weighted by atomic mass is 16.6. The third-order valence-electron chi connectivity index (χ3n) is 3.24. The molecule has 1 aliphatic rings. The van der Waals surface area contributed by atoms with Crippen molar-refractivity contribution in [3.63, 3.8) is 0 Å². The second kappa shape index (κ2) is 6.35. The Morgan fingerprint density at radius 2 is 2.00 bits per heavy atom. The minimum atomic E-state index is -0.485. The highest BCUT2D eigenvalue weighted by molar-refractivity contribution is 5.68. The van der Waals surface area contributed by atoms with Gasteiger partial charge in [-0.25, -0.2) is 4.79 Å². The van der Waals surface area contributed by atoms with Crippen LogP contribution in [0.3, 0.4) is 0 Å². The van der Waals surface area contributed by atoms with Gasteiger partial charge in [0.25, 0.3) is 0 Å². The number of benzene rings is 1. The van der Waals surface area contributed by atoms with Crippen molar-refractivity contribution in [3.8, 4) is 0 Å². The fraction of sp³-hybridized carbons (Fsp3) is 0.562. The predicted octanol–water partition coefficient (Wildman–Crippen LogP) is 2.97. The van der Waals surface area contributed by atoms with E-state index in [0.717, 1.165) is 17.7 Å². The lowest BCUT2D eigenvalue weighted by molar-refractivity contribution is 0.0140. The molecule has 1 fully saturated rings. The molecule has 1 aromatic carbocycles. The largest absolute Gasteiger partial charge is 0.444 e. The topological polar surface area (TPSA) is 64.8 Å². The second-order valence-corrected chi connectivity index (χ2v) is 6.31. The van der Waals surface area contributed by atoms with Gasteiger partial charge in [-0.2, -0.15) is 0 Å². The molecular weight excluding hydrogens is 268 g/mol. The quantitative estimate of drug-likeness (QED) is 0.808. The van der Waals surface area contributed by atoms with E-state index in [1.54, 1.807) is 4.90 Å². The Bertz CT molecular complexity index is 479. The van der Waals surface area contributed by atoms with Crippen molar-refractivity contribution in [1.82, 2.24) is 4.90 Å². The molecule has 1 unspecified atom stereocenters. The number of nitrogens with zero attached hydrogens (tertiary/aromatic N) is 1. The molecule has 0 aliphatic carbocycles. The van der Waals surface area contributed by atoms with Gasteiger partial charge < -0.3 is 20.1 Å². The van der Waals surface area contributed by atoms with Crippen LogP contribution in [0.5, 0.6) is 0 Å². The smallest absolute Gasteiger partial charge is 0.410 e. The maximum absolute atomic E-state index is 12.2. The van der Waals surface area contributed by atoms with Gasteiger partial charge in [0.05, 0.1) is 6.54 Å². The summed E-state index contributed by atoms with van der Waals surface area (Å²) in [5.74, 6) is 0. The SMILES string of the molecule is CC(C)(C)OC(=O)N1CCCOC(c2ccc(N)cc2)C1. The summed E-state index contributed by atoms with van der Waals surface area (Å²) in [5.41, 5.74) is 6.97. The number of nitrogen functional groups attached to an aromatic ring is 1. The highest BCUT2D eigenvalue weighted by Crippen LogP contribution is 2.24. The number of anilines is 1. The number of amides is 1. The van der Waals surface area contributed by atoms with Crippen LogP contribution in [0.2, 0.25) is 0 Å². The van der Waals surface area contributed by atoms with Gasteiger partial charge in [-0.05, 0) is 44.9 Å². The molecule has 1 heterocycles. The zero-order valence-electron chi connectivity index (χ0n) is 13.0. The van der Waals surface area contributed by atoms with Crippen LogP contribution in [-0.4, -0.2) is 36.3 Å². The summed E-state index contributed by atoms with van der Waals surface area (Å²) in [6.07, 6.45) is 0.388. The monoisotopic (exact) mass is 292 g/mol. The van der Waals surface area contributed by atoms with E-state index < -0.39 is 5.60 Å². The van der Waals surface area contributed by atoms with Gasteiger partial charge in [-0.15, -0.1) is 0 Å². The molecule has 5 heteroatoms. The minimum absolute atomic E-state index is 0.138. The first-order valence-electron chi connectivity index (χ1n) is 7.30. The summed E-state index contributed by atoms with van der Waals surface area (Å²) in [4.78, 5) is 13.9. The van der Waals surface area contributed by atoms with Crippen LogP contribution in [0.25, 0.3) is 0 Å². The van der Waals surface area contributed by atoms with Crippen molar-refractivity contribution in [1.29, 1.82) is 0 Å². The number of rotatable bonds is 1. The number of nitrogens with two attached hydrogens (primary N) is 1. The molecule has 1 saturated heterocycles. The molecule has 0 radical (unpaired) electrons. The maximum atomic E-state index is 12.2. The third-order valence-corrected chi connectivity index (χ3v) is 3.24. The van der Waals surface area contributed by atoms with E-state index >= 15 is 0 Å². The van der Waals surface area contributed by atoms with Crippen molar-refractivity contribution in [2.45, 2.75) is 38.9 Å². The number of hydrogen-bond acceptors (Lipinski definition) is 4. The molecule has 1 atom stereocenters. The first-order chi connectivity index (χ1) is 9.85. The van der Waals surface area contributed by atoms with Crippen LogP contribution >= 0.6 is 0 Å². The first kappa shape index (κ1) is 15.6. The van der Waals surface area contributed by atoms with Crippen LogP contribution in [-0.2, 0) is 9.47 Å². The number of hydrogen-bond donors (Lipinski definition) is 1. The van der Waals surface area contributed by atoms with Crippen molar-refractivity contribution < 1.29 is 14.3 Å². The zero-order chi connectivity index (χ0) is 15.5. The van der Waals surface area contributed by atoms with Gasteiger partial charge in [0, 0.05) is 18.8 Å². The molecule has 2 N–H and O–H groups in total. The molecule has 116 valence electrons. The average molecular weight is 292 g/mol. The Kier molecular flexibility index (Phi) is 4.73. The van der Waals surface area contributed by atoms with Gasteiger partial charge in [-0.3, -0.25) is 0 Å². The van der Waals surface area contributed by atoms with E-state index in [4.69, 9.17) is 15.2 Å². The molecular formula is C16H24N2O3. The van der Waals surface area contributed by atoms with Crippen LogP contribution in [0.1, 0.15) is 38.9 Å². The lowest BCUT2D eigenvalue weighted by Crippen LogP contribution is -2.38. The third kappa shape index (κ3) is 4.63. The van der Waals surface area contributed by atoms with E-state index in [1.165, 1.54) is 0 Å². The van der Waals surface area contributed by atoms with E-state index in [0.29, 0.717) is 19.7 Å². The lowest BCUT2D eigenvalue weighted by Gasteiger charge is -2.28. The Labute approximate surface area is 126 Å². The van der Waals surface area contributed by atoms with Crippen molar-refractivity contribution >= 4 is 11.8 Å². The van der Waals surface area contributed by atoms with Gasteiger partial charge in [-0.1, -0.05) is 12.1 Å². The number of carbonyl (C=O) groups excluding carboxylic acids is 1. The molecule has 1 aromatic rings. The van der Waals surface area contributed by atoms with Gasteiger partial charge in [0.2, 0.25) is 0 Å². The summed E-state index contributed by atoms with van der Waals surface area (Å²) in [6.45, 7) is 7.40. The molecule has 5 nitrogen and oxygen atoms in total. The van der Waals surface area contributed by atoms with Crippen molar-refractivity contribution in [2.24, 2.45) is 0 Å². The maximum Gasteiger partial charge on any atom is 0.410 e. The average Bonchev–Trinajstić information content (AvgIpc) is 2.63. The van der Waals surface area contributed by atoms with E-state index in [-0.39, 0.29) is 12.2 Å². The molecule has 0 aromatic heterocycles. The van der Waals surface area contributed by atoms with Crippen molar-refractivity contribution in [2.75, 3.05) is 25.4 Å². The summed E-state index contributed by atoms with van der Waals surface area (Å²) in [7, 11) is 0. The normalized spacial score (nSPS) is 20.0. The Hall–Kier alpha value is -1.75. The van der Waals surface area contributed by atoms with Gasteiger partial charge >= 0.3 is 6.09 Å². The predicted molar refractivity (Wildman–Crippen MR) is 82.0 cm³/mol. The molecule has 0 spiro atoms. The lowest BCUT2D eigenvalue weighted by atomic mass is 10.1. The molecule has 2 rings (SSSR count). The van der Waals surface area contributed by atoms with Crippen LogP contribution < -0.4 is 5.73 Å². The second-order valence-electron chi connectivity index (χ2n) is 6.31. The van der Waals surface area contributed by atoms with Gasteiger partial charge in [0.1, 0.15) is 11.7 Å². The fourth-order valence-corrected chi connectivity index (χ4v) is 2.23. The Morgan fingerprint density at radius 3 is 2.62 bits per heavy atom. The minimum Gasteiger partial charge on any atom is -0.444 e. The van der Waals surface area contributed by atoms with Crippen LogP contribution in [0.15, 0.2) is 24.3 Å². The zero-order valence-corrected chi connectivity index (χ0v) is 13.0. The molecule has 1 amide bonds. The highest BCUT2D eigenvalue weighted by Gasteiger charge is 2.27. The summed E-state index contributed by atoms with van der Waals surface area (Å²) < 4.78 is 11.3. The first-order valence-corrected chi connectivity index (χ1v) is 7.30. The fourth-order valence-electron chi connectivity index (χ4n) is 2.23. The standard InChI is InChI=1S/C16H24N2O3/c1-16(2,3)21-15(19)18-9-4-10-20-14(11-18)12-5-7-13(17)8-6-12/h5-8,14H,4,9-11,17H2,1-3H3. The summed E-state index contributed by atoms with van der Waals surface area (Å²) >= 11 is 0. The van der Waals surface area contributed by atoms with Crippen molar-refractivity contribution in [3.05, 3.63) is 29.8 Å². The number of ether oxygens (including phenoxy) is 2. The van der Waals surface area contributed by atoms with Crippen LogP contribution in [0.4, 0.5) is 10.5 Å². The molecule has 0 saturated carbocycles. The van der Waals surface area contributed by atoms with Crippen LogP contribution in [0, 0.1) is 0 Å². The van der Waals surface area contributed by atoms with E-state index in [9.17, 15) is 4.79 Å². The number of carbonyl (C=O) groups is 1. The Morgan fingerprint density at radius 1 is 1.33 bits per heavy atom. The summed E-state index contributed by atoms with van der Waals surface area (Å²) in [5, 5.41) is 0. The molecule has 21 heavy (non-hydrogen) atoms. The summed E-state index contributed by atoms with van der Waals surface area (Å²) in [6, 6.07) is 7.58. The van der Waals surface area contributed by atoms with E-state index in [2.05, 4.69) is 0 Å². The molecule has 0 bridgehead atoms. The molecule has 1 aliphatic heterocycles. The van der Waals surface area contributed by atoms with E-state index in [1.807, 2.05) is 45.0 Å².